The topological polar surface area (TPSA) is 110 Å². The van der Waals surface area contributed by atoms with Crippen molar-refractivity contribution in [2.45, 2.75) is 68.7 Å². The van der Waals surface area contributed by atoms with Crippen LogP contribution in [0.3, 0.4) is 0 Å². The molecule has 0 unspecified atom stereocenters. The number of para-hydroxylation sites is 1. The number of amides is 2. The number of allylic oxidation sites excluding steroid dienone is 1. The number of halogens is 1. The SMILES string of the molecule is COC(=O)[C@@]12C[C@@H]1/C=C\CCCCC[C@H](Nc1ccc(Cl)cc1)C(=O)N1C[C@H](Oc3nc4ccccc4s3)C[C@H]1C(=O)N2. The minimum Gasteiger partial charge on any atom is -0.467 e. The van der Waals surface area contributed by atoms with Gasteiger partial charge in [-0.05, 0) is 62.1 Å². The van der Waals surface area contributed by atoms with E-state index in [-0.39, 0.29) is 30.7 Å². The van der Waals surface area contributed by atoms with Crippen LogP contribution in [0.2, 0.25) is 5.02 Å². The number of aromatic nitrogens is 1. The molecule has 0 bridgehead atoms. The highest BCUT2D eigenvalue weighted by Gasteiger charge is 2.62. The summed E-state index contributed by atoms with van der Waals surface area (Å²) in [6.07, 6.45) is 8.63. The van der Waals surface area contributed by atoms with Gasteiger partial charge in [0.2, 0.25) is 11.8 Å². The van der Waals surface area contributed by atoms with Gasteiger partial charge < -0.3 is 25.0 Å². The first-order valence-corrected chi connectivity index (χ1v) is 16.0. The zero-order valence-electron chi connectivity index (χ0n) is 24.0. The number of hydrogen-bond donors (Lipinski definition) is 2. The highest BCUT2D eigenvalue weighted by molar-refractivity contribution is 7.20. The van der Waals surface area contributed by atoms with E-state index in [1.165, 1.54) is 18.4 Å². The second-order valence-corrected chi connectivity index (χ2v) is 12.9. The van der Waals surface area contributed by atoms with Gasteiger partial charge in [-0.25, -0.2) is 9.78 Å². The molecule has 1 saturated heterocycles. The molecule has 3 aliphatic rings. The van der Waals surface area contributed by atoms with Gasteiger partial charge in [0.25, 0.3) is 5.19 Å². The number of hydrogen-bond acceptors (Lipinski definition) is 8. The van der Waals surface area contributed by atoms with Crippen LogP contribution in [0, 0.1) is 5.92 Å². The molecule has 0 radical (unpaired) electrons. The van der Waals surface area contributed by atoms with Gasteiger partial charge in [-0.15, -0.1) is 0 Å². The Kier molecular flexibility index (Phi) is 8.59. The van der Waals surface area contributed by atoms with E-state index in [2.05, 4.69) is 21.7 Å². The van der Waals surface area contributed by atoms with E-state index in [0.717, 1.165) is 41.6 Å². The van der Waals surface area contributed by atoms with Crippen molar-refractivity contribution in [1.29, 1.82) is 0 Å². The second kappa shape index (κ2) is 12.5. The van der Waals surface area contributed by atoms with Gasteiger partial charge in [-0.3, -0.25) is 9.59 Å². The number of carbonyl (C=O) groups is 3. The molecular weight excluding hydrogens is 588 g/mol. The zero-order chi connectivity index (χ0) is 30.0. The number of benzene rings is 2. The fourth-order valence-corrected chi connectivity index (χ4v) is 7.11. The molecule has 2 fully saturated rings. The Bertz CT molecular complexity index is 1490. The first-order valence-electron chi connectivity index (χ1n) is 14.8. The van der Waals surface area contributed by atoms with Gasteiger partial charge in [0.1, 0.15) is 23.7 Å². The molecule has 6 rings (SSSR count). The molecule has 43 heavy (non-hydrogen) atoms. The van der Waals surface area contributed by atoms with E-state index < -0.39 is 29.7 Å². The van der Waals surface area contributed by atoms with E-state index in [0.29, 0.717) is 23.1 Å². The number of nitrogens with one attached hydrogen (secondary N) is 2. The third-order valence-electron chi connectivity index (χ3n) is 8.52. The summed E-state index contributed by atoms with van der Waals surface area (Å²) in [6.45, 7) is 0.222. The maximum Gasteiger partial charge on any atom is 0.332 e. The number of carbonyl (C=O) groups excluding carboxylic acids is 3. The van der Waals surface area contributed by atoms with Crippen molar-refractivity contribution in [2.24, 2.45) is 5.92 Å². The van der Waals surface area contributed by atoms with Crippen molar-refractivity contribution in [3.63, 3.8) is 0 Å². The smallest absolute Gasteiger partial charge is 0.332 e. The Hall–Kier alpha value is -3.63. The van der Waals surface area contributed by atoms with E-state index in [1.807, 2.05) is 42.5 Å². The van der Waals surface area contributed by atoms with Crippen molar-refractivity contribution in [3.8, 4) is 5.19 Å². The van der Waals surface area contributed by atoms with Crippen LogP contribution in [-0.4, -0.2) is 65.0 Å². The highest BCUT2D eigenvalue weighted by Crippen LogP contribution is 2.46. The molecular formula is C32H35ClN4O5S. The summed E-state index contributed by atoms with van der Waals surface area (Å²) in [5.74, 6) is -1.18. The summed E-state index contributed by atoms with van der Waals surface area (Å²) >= 11 is 7.53. The first-order chi connectivity index (χ1) is 20.9. The first kappa shape index (κ1) is 29.4. The standard InChI is InChI=1S/C32H35ClN4O5S/c1-41-30(40)32-18-20(32)9-5-3-2-4-6-11-25(34-22-15-13-21(33)14-16-22)29(39)37-19-23(17-26(37)28(38)36-32)42-31-35-24-10-7-8-12-27(24)43-31/h5,7-10,12-16,20,23,25-26,34H,2-4,6,11,17-19H2,1H3,(H,36,38)/b9-5-/t20-,23+,25-,26-,32+/m0/s1. The quantitative estimate of drug-likeness (QED) is 0.292. The van der Waals surface area contributed by atoms with Crippen molar-refractivity contribution in [2.75, 3.05) is 19.0 Å². The van der Waals surface area contributed by atoms with Crippen molar-refractivity contribution >= 4 is 56.6 Å². The number of rotatable bonds is 5. The molecule has 1 aromatic heterocycles. The fourth-order valence-electron chi connectivity index (χ4n) is 6.11. The molecule has 2 N–H and O–H groups in total. The van der Waals surface area contributed by atoms with E-state index in [4.69, 9.17) is 21.1 Å². The van der Waals surface area contributed by atoms with E-state index in [1.54, 1.807) is 17.0 Å². The summed E-state index contributed by atoms with van der Waals surface area (Å²) < 4.78 is 12.4. The Labute approximate surface area is 259 Å². The summed E-state index contributed by atoms with van der Waals surface area (Å²) in [5, 5.41) is 7.49. The summed E-state index contributed by atoms with van der Waals surface area (Å²) in [6, 6.07) is 13.6. The Balaban J connectivity index is 1.29. The monoisotopic (exact) mass is 622 g/mol. The van der Waals surface area contributed by atoms with Gasteiger partial charge in [0.15, 0.2) is 0 Å². The zero-order valence-corrected chi connectivity index (χ0v) is 25.5. The third-order valence-corrected chi connectivity index (χ3v) is 9.70. The minimum absolute atomic E-state index is 0.145. The molecule has 5 atom stereocenters. The number of fused-ring (bicyclic) bond motifs is 3. The van der Waals surface area contributed by atoms with Crippen molar-refractivity contribution in [3.05, 3.63) is 65.7 Å². The summed E-state index contributed by atoms with van der Waals surface area (Å²) in [7, 11) is 1.33. The van der Waals surface area contributed by atoms with Gasteiger partial charge in [-0.2, -0.15) is 0 Å². The molecule has 226 valence electrons. The lowest BCUT2D eigenvalue weighted by Crippen LogP contribution is -2.55. The molecule has 11 heteroatoms. The molecule has 3 aromatic rings. The Morgan fingerprint density at radius 1 is 1.14 bits per heavy atom. The van der Waals surface area contributed by atoms with Gasteiger partial charge in [-0.1, -0.05) is 60.1 Å². The van der Waals surface area contributed by atoms with Crippen molar-refractivity contribution in [1.82, 2.24) is 15.2 Å². The van der Waals surface area contributed by atoms with Gasteiger partial charge in [0, 0.05) is 23.0 Å². The van der Waals surface area contributed by atoms with Crippen LogP contribution in [0.25, 0.3) is 10.2 Å². The van der Waals surface area contributed by atoms with Gasteiger partial charge >= 0.3 is 5.97 Å². The number of ether oxygens (including phenoxy) is 2. The van der Waals surface area contributed by atoms with Crippen LogP contribution >= 0.6 is 22.9 Å². The number of anilines is 1. The lowest BCUT2D eigenvalue weighted by Gasteiger charge is -2.30. The maximum atomic E-state index is 14.3. The van der Waals surface area contributed by atoms with Crippen LogP contribution in [-0.2, 0) is 19.1 Å². The molecule has 1 saturated carbocycles. The third kappa shape index (κ3) is 6.35. The summed E-state index contributed by atoms with van der Waals surface area (Å²) in [5.41, 5.74) is 0.491. The summed E-state index contributed by atoms with van der Waals surface area (Å²) in [4.78, 5) is 47.3. The number of nitrogens with zero attached hydrogens (tertiary/aromatic N) is 2. The second-order valence-electron chi connectivity index (χ2n) is 11.5. The average Bonchev–Trinajstić information content (AvgIpc) is 3.32. The molecule has 1 aliphatic carbocycles. The van der Waals surface area contributed by atoms with E-state index >= 15 is 0 Å². The van der Waals surface area contributed by atoms with Crippen LogP contribution in [0.1, 0.15) is 44.9 Å². The van der Waals surface area contributed by atoms with Crippen LogP contribution < -0.4 is 15.4 Å². The molecule has 0 spiro atoms. The maximum absolute atomic E-state index is 14.3. The normalized spacial score (nSPS) is 28.6. The van der Waals surface area contributed by atoms with Crippen molar-refractivity contribution < 1.29 is 23.9 Å². The van der Waals surface area contributed by atoms with Crippen LogP contribution in [0.15, 0.2) is 60.7 Å². The number of esters is 1. The predicted octanol–water partition coefficient (Wildman–Crippen LogP) is 5.35. The molecule has 3 heterocycles. The predicted molar refractivity (Wildman–Crippen MR) is 166 cm³/mol. The molecule has 2 amide bonds. The lowest BCUT2D eigenvalue weighted by molar-refractivity contribution is -0.148. The fraction of sp³-hybridized carbons (Fsp3) is 0.438. The average molecular weight is 623 g/mol. The molecule has 9 nitrogen and oxygen atoms in total. The minimum atomic E-state index is -1.12. The van der Waals surface area contributed by atoms with Crippen LogP contribution in [0.5, 0.6) is 5.19 Å². The Morgan fingerprint density at radius 3 is 2.74 bits per heavy atom. The molecule has 2 aromatic carbocycles. The van der Waals surface area contributed by atoms with E-state index in [9.17, 15) is 14.4 Å². The lowest BCUT2D eigenvalue weighted by atomic mass is 10.0. The van der Waals surface area contributed by atoms with Gasteiger partial charge in [0.05, 0.1) is 23.9 Å². The number of methoxy groups -OCH3 is 1. The van der Waals surface area contributed by atoms with Crippen LogP contribution in [0.4, 0.5) is 5.69 Å². The Morgan fingerprint density at radius 2 is 1.95 bits per heavy atom. The largest absolute Gasteiger partial charge is 0.467 e. The highest BCUT2D eigenvalue weighted by atomic mass is 35.5. The number of thiazole rings is 1. The molecule has 2 aliphatic heterocycles.